The van der Waals surface area contributed by atoms with Crippen LogP contribution in [0.5, 0.6) is 5.75 Å². The number of hydrogen-bond donors (Lipinski definition) is 2. The van der Waals surface area contributed by atoms with Crippen molar-refractivity contribution in [3.63, 3.8) is 0 Å². The highest BCUT2D eigenvalue weighted by Gasteiger charge is 2.47. The summed E-state index contributed by atoms with van der Waals surface area (Å²) in [6.45, 7) is 6.47. The normalized spacial score (nSPS) is 20.4. The number of urea groups is 1. The average Bonchev–Trinajstić information content (AvgIpc) is 3.27. The zero-order valence-corrected chi connectivity index (χ0v) is 17.7. The molecule has 31 heavy (non-hydrogen) atoms. The quantitative estimate of drug-likeness (QED) is 0.780. The Labute approximate surface area is 179 Å². The molecule has 0 bridgehead atoms. The second-order valence-corrected chi connectivity index (χ2v) is 8.89. The largest absolute Gasteiger partial charge is 0.493 e. The van der Waals surface area contributed by atoms with Crippen molar-refractivity contribution in [1.82, 2.24) is 10.2 Å². The van der Waals surface area contributed by atoms with Crippen LogP contribution in [-0.4, -0.2) is 41.6 Å². The van der Waals surface area contributed by atoms with Crippen LogP contribution in [-0.2, 0) is 11.2 Å². The van der Waals surface area contributed by atoms with Gasteiger partial charge in [0.15, 0.2) is 0 Å². The molecule has 2 aromatic carbocycles. The Morgan fingerprint density at radius 2 is 1.87 bits per heavy atom. The third-order valence-electron chi connectivity index (χ3n) is 5.72. The van der Waals surface area contributed by atoms with Gasteiger partial charge in [-0.3, -0.25) is 4.79 Å². The summed E-state index contributed by atoms with van der Waals surface area (Å²) < 4.78 is 33.5. The molecule has 2 heterocycles. The molecule has 4 rings (SSSR count). The van der Waals surface area contributed by atoms with Crippen molar-refractivity contribution in [2.24, 2.45) is 0 Å². The van der Waals surface area contributed by atoms with Crippen LogP contribution in [0.25, 0.3) is 0 Å². The first-order chi connectivity index (χ1) is 14.6. The Morgan fingerprint density at radius 1 is 1.16 bits per heavy atom. The third-order valence-corrected chi connectivity index (χ3v) is 5.72. The van der Waals surface area contributed by atoms with Gasteiger partial charge < -0.3 is 20.3 Å². The minimum atomic E-state index is -0.936. The summed E-state index contributed by atoms with van der Waals surface area (Å²) in [5, 5.41) is 5.30. The molecule has 2 atom stereocenters. The Kier molecular flexibility index (Phi) is 5.33. The first-order valence-corrected chi connectivity index (χ1v) is 10.2. The third kappa shape index (κ3) is 4.19. The molecule has 2 N–H and O–H groups in total. The summed E-state index contributed by atoms with van der Waals surface area (Å²) in [5.41, 5.74) is 1.17. The van der Waals surface area contributed by atoms with E-state index in [9.17, 15) is 18.4 Å². The van der Waals surface area contributed by atoms with Crippen LogP contribution in [0.1, 0.15) is 37.8 Å². The van der Waals surface area contributed by atoms with E-state index in [1.54, 1.807) is 11.0 Å². The number of rotatable bonds is 3. The molecular formula is C23H25F2N3O3. The van der Waals surface area contributed by atoms with Crippen LogP contribution in [0, 0.1) is 11.6 Å². The van der Waals surface area contributed by atoms with Gasteiger partial charge in [-0.1, -0.05) is 0 Å². The van der Waals surface area contributed by atoms with Crippen molar-refractivity contribution < 1.29 is 23.1 Å². The SMILES string of the molecule is CC(C)(C)N1CC(c2cc3c(cc2F)OCC3)C(NC(=O)Nc2ccc(F)cc2)C1=O. The topological polar surface area (TPSA) is 70.7 Å². The van der Waals surface area contributed by atoms with Crippen LogP contribution in [0.2, 0.25) is 0 Å². The van der Waals surface area contributed by atoms with Crippen molar-refractivity contribution in [2.45, 2.75) is 44.7 Å². The van der Waals surface area contributed by atoms with Gasteiger partial charge >= 0.3 is 6.03 Å². The molecule has 1 saturated heterocycles. The fourth-order valence-corrected chi connectivity index (χ4v) is 4.12. The summed E-state index contributed by atoms with van der Waals surface area (Å²) in [6, 6.07) is 6.84. The maximum atomic E-state index is 15.0. The van der Waals surface area contributed by atoms with E-state index in [0.717, 1.165) is 5.56 Å². The number of amides is 3. The van der Waals surface area contributed by atoms with Gasteiger partial charge in [0.05, 0.1) is 6.61 Å². The summed E-state index contributed by atoms with van der Waals surface area (Å²) in [7, 11) is 0. The van der Waals surface area contributed by atoms with Gasteiger partial charge in [-0.15, -0.1) is 0 Å². The first kappa shape index (κ1) is 21.1. The molecule has 2 aliphatic heterocycles. The highest BCUT2D eigenvalue weighted by Crippen LogP contribution is 2.38. The second-order valence-electron chi connectivity index (χ2n) is 8.89. The minimum Gasteiger partial charge on any atom is -0.493 e. The van der Waals surface area contributed by atoms with Gasteiger partial charge in [0.1, 0.15) is 23.4 Å². The van der Waals surface area contributed by atoms with E-state index in [1.165, 1.54) is 30.3 Å². The van der Waals surface area contributed by atoms with Crippen LogP contribution < -0.4 is 15.4 Å². The summed E-state index contributed by atoms with van der Waals surface area (Å²) >= 11 is 0. The monoisotopic (exact) mass is 429 g/mol. The van der Waals surface area contributed by atoms with E-state index >= 15 is 0 Å². The van der Waals surface area contributed by atoms with Gasteiger partial charge in [-0.05, 0) is 62.2 Å². The maximum absolute atomic E-state index is 15.0. The van der Waals surface area contributed by atoms with Crippen molar-refractivity contribution in [2.75, 3.05) is 18.5 Å². The molecule has 164 valence electrons. The average molecular weight is 429 g/mol. The lowest BCUT2D eigenvalue weighted by Crippen LogP contribution is -2.49. The highest BCUT2D eigenvalue weighted by molar-refractivity contribution is 5.95. The Morgan fingerprint density at radius 3 is 2.55 bits per heavy atom. The molecule has 0 radical (unpaired) electrons. The van der Waals surface area contributed by atoms with Crippen molar-refractivity contribution in [3.8, 4) is 5.75 Å². The lowest BCUT2D eigenvalue weighted by Gasteiger charge is -2.32. The van der Waals surface area contributed by atoms with Crippen molar-refractivity contribution >= 4 is 17.6 Å². The number of likely N-dealkylation sites (tertiary alicyclic amines) is 1. The number of fused-ring (bicyclic) bond motifs is 1. The van der Waals surface area contributed by atoms with Gasteiger partial charge in [0.25, 0.3) is 0 Å². The lowest BCUT2D eigenvalue weighted by molar-refractivity contribution is -0.133. The number of nitrogens with one attached hydrogen (secondary N) is 2. The van der Waals surface area contributed by atoms with Crippen LogP contribution in [0.3, 0.4) is 0 Å². The van der Waals surface area contributed by atoms with E-state index in [1.807, 2.05) is 20.8 Å². The van der Waals surface area contributed by atoms with E-state index in [-0.39, 0.29) is 12.5 Å². The smallest absolute Gasteiger partial charge is 0.319 e. The van der Waals surface area contributed by atoms with E-state index in [4.69, 9.17) is 4.74 Å². The van der Waals surface area contributed by atoms with E-state index < -0.39 is 35.2 Å². The second kappa shape index (κ2) is 7.83. The molecular weight excluding hydrogens is 404 g/mol. The zero-order valence-electron chi connectivity index (χ0n) is 17.7. The Balaban J connectivity index is 1.62. The first-order valence-electron chi connectivity index (χ1n) is 10.2. The fourth-order valence-electron chi connectivity index (χ4n) is 4.12. The van der Waals surface area contributed by atoms with Gasteiger partial charge in [0.2, 0.25) is 5.91 Å². The van der Waals surface area contributed by atoms with Gasteiger partial charge in [0, 0.05) is 36.2 Å². The Hall–Kier alpha value is -3.16. The summed E-state index contributed by atoms with van der Waals surface area (Å²) in [4.78, 5) is 27.5. The molecule has 8 heteroatoms. The molecule has 0 aromatic heterocycles. The number of benzene rings is 2. The number of ether oxygens (including phenoxy) is 1. The number of halogens is 2. The van der Waals surface area contributed by atoms with E-state index in [2.05, 4.69) is 10.6 Å². The Bertz CT molecular complexity index is 1020. The van der Waals surface area contributed by atoms with Gasteiger partial charge in [-0.25, -0.2) is 13.6 Å². The standard InChI is InChI=1S/C23H25F2N3O3/c1-23(2,3)28-12-17(16-10-13-8-9-31-19(13)11-18(16)25)20(21(28)29)27-22(30)26-15-6-4-14(24)5-7-15/h4-7,10-11,17,20H,8-9,12H2,1-3H3,(H2,26,27,30). The predicted molar refractivity (Wildman–Crippen MR) is 112 cm³/mol. The maximum Gasteiger partial charge on any atom is 0.319 e. The summed E-state index contributed by atoms with van der Waals surface area (Å²) in [5.74, 6) is -1.19. The molecule has 2 aromatic rings. The highest BCUT2D eigenvalue weighted by atomic mass is 19.1. The summed E-state index contributed by atoms with van der Waals surface area (Å²) in [6.07, 6.45) is 0.676. The molecule has 0 saturated carbocycles. The van der Waals surface area contributed by atoms with Gasteiger partial charge in [-0.2, -0.15) is 0 Å². The molecule has 2 unspecified atom stereocenters. The van der Waals surface area contributed by atoms with Crippen LogP contribution in [0.15, 0.2) is 36.4 Å². The lowest BCUT2D eigenvalue weighted by atomic mass is 9.91. The number of carbonyl (C=O) groups excluding carboxylic acids is 2. The fraction of sp³-hybridized carbons (Fsp3) is 0.391. The zero-order chi connectivity index (χ0) is 22.3. The molecule has 2 aliphatic rings. The van der Waals surface area contributed by atoms with Crippen LogP contribution >= 0.6 is 0 Å². The molecule has 0 aliphatic carbocycles. The molecule has 1 fully saturated rings. The number of anilines is 1. The number of carbonyl (C=O) groups is 2. The predicted octanol–water partition coefficient (Wildman–Crippen LogP) is 3.81. The van der Waals surface area contributed by atoms with Crippen LogP contribution in [0.4, 0.5) is 19.3 Å². The number of hydrogen-bond acceptors (Lipinski definition) is 3. The molecule has 0 spiro atoms. The molecule has 6 nitrogen and oxygen atoms in total. The van der Waals surface area contributed by atoms with Crippen molar-refractivity contribution in [3.05, 3.63) is 59.2 Å². The molecule has 3 amide bonds. The van der Waals surface area contributed by atoms with Crippen molar-refractivity contribution in [1.29, 1.82) is 0 Å². The minimum absolute atomic E-state index is 0.275. The number of nitrogens with zero attached hydrogens (tertiary/aromatic N) is 1. The van der Waals surface area contributed by atoms with E-state index in [0.29, 0.717) is 30.0 Å².